The number of thioether (sulfide) groups is 1. The molecule has 0 aliphatic rings. The highest BCUT2D eigenvalue weighted by atomic mass is 32.2. The van der Waals surface area contributed by atoms with Crippen molar-refractivity contribution < 1.29 is 47.8 Å². The summed E-state index contributed by atoms with van der Waals surface area (Å²) in [6, 6.07) is 4.65. The molecule has 16 heteroatoms. The molecular weight excluding hydrogens is 564 g/mol. The number of non-ortho nitro benzene ring substituents is 1. The van der Waals surface area contributed by atoms with Crippen LogP contribution in [-0.4, -0.2) is 77.2 Å². The van der Waals surface area contributed by atoms with Crippen LogP contribution in [0.1, 0.15) is 42.6 Å². The number of ketones is 1. The molecule has 0 spiro atoms. The van der Waals surface area contributed by atoms with Gasteiger partial charge in [0.2, 0.25) is 5.78 Å². The Kier molecular flexibility index (Phi) is 9.41. The third-order valence-corrected chi connectivity index (χ3v) is 6.30. The Morgan fingerprint density at radius 2 is 1.54 bits per heavy atom. The van der Waals surface area contributed by atoms with Gasteiger partial charge in [-0.25, -0.2) is 23.9 Å². The fourth-order valence-corrected chi connectivity index (χ4v) is 4.36. The van der Waals surface area contributed by atoms with E-state index >= 15 is 0 Å². The number of hydrogen-bond acceptors (Lipinski definition) is 13. The van der Waals surface area contributed by atoms with E-state index in [4.69, 9.17) is 9.47 Å². The van der Waals surface area contributed by atoms with Crippen molar-refractivity contribution in [2.45, 2.75) is 6.92 Å². The number of hydrogen-bond donors (Lipinski definition) is 0. The first-order valence-corrected chi connectivity index (χ1v) is 12.2. The van der Waals surface area contributed by atoms with E-state index in [-0.39, 0.29) is 38.9 Å². The van der Waals surface area contributed by atoms with Crippen LogP contribution < -0.4 is 0 Å². The molecule has 3 rings (SSSR count). The Labute approximate surface area is 235 Å². The summed E-state index contributed by atoms with van der Waals surface area (Å²) in [4.78, 5) is 73.6. The van der Waals surface area contributed by atoms with Crippen LogP contribution in [0.4, 0.5) is 5.69 Å². The minimum Gasteiger partial charge on any atom is -0.466 e. The summed E-state index contributed by atoms with van der Waals surface area (Å²) in [6.45, 7) is 1.50. The zero-order valence-electron chi connectivity index (χ0n) is 22.2. The molecule has 2 heterocycles. The monoisotopic (exact) mass is 586 g/mol. The number of nitro benzene ring substituents is 1. The summed E-state index contributed by atoms with van der Waals surface area (Å²) in [5.41, 5.74) is -1.41. The van der Waals surface area contributed by atoms with E-state index in [2.05, 4.69) is 14.6 Å². The summed E-state index contributed by atoms with van der Waals surface area (Å²) in [6.07, 6.45) is 2.22. The van der Waals surface area contributed by atoms with Crippen molar-refractivity contribution in [3.63, 3.8) is 0 Å². The van der Waals surface area contributed by atoms with Crippen molar-refractivity contribution in [2.24, 2.45) is 0 Å². The Morgan fingerprint density at radius 3 is 2.07 bits per heavy atom. The van der Waals surface area contributed by atoms with Gasteiger partial charge in [0, 0.05) is 30.0 Å². The Hall–Kier alpha value is -5.25. The molecule has 0 unspecified atom stereocenters. The number of nitro groups is 1. The zero-order chi connectivity index (χ0) is 30.4. The summed E-state index contributed by atoms with van der Waals surface area (Å²) >= 11 is 0.765. The number of nitrogens with zero attached hydrogens (tertiary/aromatic N) is 4. The molecule has 0 amide bonds. The standard InChI is InChI=1S/C25H22N4O11S/c1-13-26-27(10-11-41-16(23(32)38-3)12-17(30)37-2)22-19(25(34)40-5)18(24(33)39-4)20(28(13)22)21(31)14-6-8-15(9-7-14)29(35)36/h6-12H,1-5H3/b11-10-,16-12+. The molecule has 0 aliphatic heterocycles. The lowest BCUT2D eigenvalue weighted by Crippen LogP contribution is -2.16. The van der Waals surface area contributed by atoms with Crippen molar-refractivity contribution in [1.82, 2.24) is 14.2 Å². The minimum atomic E-state index is -1.03. The number of aryl methyl sites for hydroxylation is 1. The average molecular weight is 587 g/mol. The largest absolute Gasteiger partial charge is 0.466 e. The molecule has 0 saturated carbocycles. The van der Waals surface area contributed by atoms with Gasteiger partial charge in [-0.2, -0.15) is 5.10 Å². The van der Waals surface area contributed by atoms with Gasteiger partial charge >= 0.3 is 23.9 Å². The van der Waals surface area contributed by atoms with Crippen LogP contribution in [0.5, 0.6) is 0 Å². The molecule has 15 nitrogen and oxygen atoms in total. The maximum atomic E-state index is 13.7. The molecule has 0 N–H and O–H groups in total. The van der Waals surface area contributed by atoms with Gasteiger partial charge in [0.05, 0.1) is 33.4 Å². The van der Waals surface area contributed by atoms with Crippen molar-refractivity contribution in [3.05, 3.63) is 79.0 Å². The molecule has 0 aliphatic carbocycles. The molecule has 0 atom stereocenters. The molecule has 0 radical (unpaired) electrons. The fraction of sp³-hybridized carbons (Fsp3) is 0.200. The van der Waals surface area contributed by atoms with Crippen molar-refractivity contribution in [2.75, 3.05) is 28.4 Å². The van der Waals surface area contributed by atoms with Gasteiger partial charge < -0.3 is 18.9 Å². The van der Waals surface area contributed by atoms with Crippen LogP contribution >= 0.6 is 11.8 Å². The topological polar surface area (TPSA) is 188 Å². The number of rotatable bonds is 10. The van der Waals surface area contributed by atoms with Gasteiger partial charge in [-0.15, -0.1) is 0 Å². The first-order chi connectivity index (χ1) is 19.5. The number of fused-ring (bicyclic) bond motifs is 1. The Morgan fingerprint density at radius 1 is 0.927 bits per heavy atom. The van der Waals surface area contributed by atoms with Gasteiger partial charge in [0.1, 0.15) is 27.6 Å². The minimum absolute atomic E-state index is 0.0227. The van der Waals surface area contributed by atoms with Crippen LogP contribution in [0.15, 0.2) is 40.7 Å². The van der Waals surface area contributed by atoms with Crippen LogP contribution in [0, 0.1) is 17.0 Å². The number of carbonyl (C=O) groups is 5. The number of aromatic nitrogens is 3. The Balaban J connectivity index is 2.27. The van der Waals surface area contributed by atoms with Gasteiger partial charge in [-0.1, -0.05) is 11.8 Å². The zero-order valence-corrected chi connectivity index (χ0v) is 23.0. The van der Waals surface area contributed by atoms with E-state index in [0.29, 0.717) is 0 Å². The van der Waals surface area contributed by atoms with E-state index in [9.17, 15) is 34.1 Å². The molecule has 41 heavy (non-hydrogen) atoms. The highest BCUT2D eigenvalue weighted by Gasteiger charge is 2.36. The lowest BCUT2D eigenvalue weighted by atomic mass is 10.0. The second kappa shape index (κ2) is 12.7. The van der Waals surface area contributed by atoms with E-state index in [1.165, 1.54) is 35.1 Å². The fourth-order valence-electron chi connectivity index (χ4n) is 3.70. The second-order valence-corrected chi connectivity index (χ2v) is 8.74. The molecular formula is C25H22N4O11S. The summed E-state index contributed by atoms with van der Waals surface area (Å²) < 4.78 is 21.4. The highest BCUT2D eigenvalue weighted by molar-refractivity contribution is 8.06. The quantitative estimate of drug-likeness (QED) is 0.0842. The lowest BCUT2D eigenvalue weighted by Gasteiger charge is -2.06. The second-order valence-electron chi connectivity index (χ2n) is 7.79. The predicted molar refractivity (Wildman–Crippen MR) is 142 cm³/mol. The number of carbonyl (C=O) groups excluding carboxylic acids is 5. The van der Waals surface area contributed by atoms with Crippen LogP contribution in [0.25, 0.3) is 11.8 Å². The molecule has 0 bridgehead atoms. The average Bonchev–Trinajstić information content (AvgIpc) is 3.49. The van der Waals surface area contributed by atoms with Crippen molar-refractivity contribution in [1.29, 1.82) is 0 Å². The first-order valence-electron chi connectivity index (χ1n) is 11.3. The Bertz CT molecular complexity index is 1630. The van der Waals surface area contributed by atoms with E-state index < -0.39 is 40.1 Å². The number of benzene rings is 1. The third-order valence-electron chi connectivity index (χ3n) is 5.51. The molecule has 1 aromatic carbocycles. The summed E-state index contributed by atoms with van der Waals surface area (Å²) in [5, 5.41) is 16.7. The summed E-state index contributed by atoms with van der Waals surface area (Å²) in [5.74, 6) is -4.26. The van der Waals surface area contributed by atoms with Gasteiger partial charge in [0.15, 0.2) is 5.65 Å². The van der Waals surface area contributed by atoms with Gasteiger partial charge in [-0.3, -0.25) is 19.3 Å². The van der Waals surface area contributed by atoms with Gasteiger partial charge in [-0.05, 0) is 24.5 Å². The molecule has 2 aromatic heterocycles. The van der Waals surface area contributed by atoms with Crippen molar-refractivity contribution in [3.8, 4) is 0 Å². The highest BCUT2D eigenvalue weighted by Crippen LogP contribution is 2.30. The third kappa shape index (κ3) is 6.01. The predicted octanol–water partition coefficient (Wildman–Crippen LogP) is 2.55. The SMILES string of the molecule is COC(=O)/C=C(/S/C=C\n1nc(C)n2c(C(=O)c3ccc([N+](=O)[O-])cc3)c(C(=O)OC)c(C(=O)OC)c12)C(=O)OC. The summed E-state index contributed by atoms with van der Waals surface area (Å²) in [7, 11) is 4.39. The van der Waals surface area contributed by atoms with Gasteiger partial charge in [0.25, 0.3) is 5.69 Å². The smallest absolute Gasteiger partial charge is 0.344 e. The number of esters is 4. The van der Waals surface area contributed by atoms with E-state index in [1.807, 2.05) is 0 Å². The van der Waals surface area contributed by atoms with E-state index in [0.717, 1.165) is 63.1 Å². The molecule has 0 saturated heterocycles. The normalized spacial score (nSPS) is 11.4. The lowest BCUT2D eigenvalue weighted by molar-refractivity contribution is -0.384. The molecule has 3 aromatic rings. The molecule has 214 valence electrons. The molecule has 0 fully saturated rings. The van der Waals surface area contributed by atoms with Crippen LogP contribution in [0.2, 0.25) is 0 Å². The number of methoxy groups -OCH3 is 4. The van der Waals surface area contributed by atoms with Crippen molar-refractivity contribution >= 4 is 59.0 Å². The van der Waals surface area contributed by atoms with Crippen LogP contribution in [0.3, 0.4) is 0 Å². The maximum Gasteiger partial charge on any atom is 0.344 e. The van der Waals surface area contributed by atoms with E-state index in [1.54, 1.807) is 0 Å². The maximum absolute atomic E-state index is 13.7. The van der Waals surface area contributed by atoms with Crippen LogP contribution in [-0.2, 0) is 28.5 Å². The first kappa shape index (κ1) is 30.3. The number of ether oxygens (including phenoxy) is 4.